The van der Waals surface area contributed by atoms with Crippen LogP contribution in [0.15, 0.2) is 18.2 Å². The summed E-state index contributed by atoms with van der Waals surface area (Å²) in [5.74, 6) is 0.0784. The Balaban J connectivity index is 1.35. The Morgan fingerprint density at radius 1 is 1.30 bits per heavy atom. The Morgan fingerprint density at radius 3 is 2.63 bits per heavy atom. The number of hydrogen-bond donors (Lipinski definition) is 2. The van der Waals surface area contributed by atoms with E-state index in [0.717, 1.165) is 51.0 Å². The Kier molecular flexibility index (Phi) is 5.12. The quantitative estimate of drug-likeness (QED) is 0.693. The van der Waals surface area contributed by atoms with Gasteiger partial charge in [0.2, 0.25) is 5.88 Å². The van der Waals surface area contributed by atoms with Crippen LogP contribution in [0.2, 0.25) is 0 Å². The average Bonchev–Trinajstić information content (AvgIpc) is 3.56. The molecule has 6 nitrogen and oxygen atoms in total. The summed E-state index contributed by atoms with van der Waals surface area (Å²) in [6, 6.07) is 6.56. The van der Waals surface area contributed by atoms with Gasteiger partial charge >= 0.3 is 5.97 Å². The van der Waals surface area contributed by atoms with E-state index < -0.39 is 11.4 Å². The largest absolute Gasteiger partial charge is 0.481 e. The molecule has 27 heavy (non-hydrogen) atoms. The first-order valence-electron chi connectivity index (χ1n) is 10.2. The molecule has 2 aliphatic carbocycles. The van der Waals surface area contributed by atoms with Crippen LogP contribution in [0.5, 0.6) is 5.88 Å². The lowest BCUT2D eigenvalue weighted by Crippen LogP contribution is -2.50. The second-order valence-corrected chi connectivity index (χ2v) is 8.92. The van der Waals surface area contributed by atoms with Gasteiger partial charge in [0.15, 0.2) is 0 Å². The van der Waals surface area contributed by atoms with Crippen LogP contribution in [0.1, 0.15) is 44.2 Å². The number of nitrogens with one attached hydrogen (secondary N) is 1. The number of carboxylic acids is 1. The number of pyridine rings is 1. The van der Waals surface area contributed by atoms with Crippen molar-refractivity contribution < 1.29 is 14.6 Å². The molecule has 1 saturated heterocycles. The zero-order valence-electron chi connectivity index (χ0n) is 16.2. The standard InChI is InChI=1S/C21H31N3O3/c1-16-3-2-4-18(23-16)27-15-20(13-22-17-5-6-17)9-11-24(12-10-20)14-21(7-8-21)19(25)26/h2-4,17,22H,5-15H2,1H3,(H,25,26). The van der Waals surface area contributed by atoms with Crippen LogP contribution < -0.4 is 10.1 Å². The molecule has 3 fully saturated rings. The molecule has 0 aromatic carbocycles. The molecule has 2 N–H and O–H groups in total. The number of aryl methyl sites for hydroxylation is 1. The van der Waals surface area contributed by atoms with Crippen molar-refractivity contribution >= 4 is 5.97 Å². The van der Waals surface area contributed by atoms with E-state index in [1.165, 1.54) is 12.8 Å². The van der Waals surface area contributed by atoms with Crippen molar-refractivity contribution in [3.63, 3.8) is 0 Å². The van der Waals surface area contributed by atoms with Crippen LogP contribution >= 0.6 is 0 Å². The highest BCUT2D eigenvalue weighted by atomic mass is 16.5. The number of likely N-dealkylation sites (tertiary alicyclic amines) is 1. The van der Waals surface area contributed by atoms with Gasteiger partial charge in [-0.15, -0.1) is 0 Å². The molecule has 3 aliphatic rings. The van der Waals surface area contributed by atoms with Crippen molar-refractivity contribution in [2.45, 2.75) is 51.5 Å². The molecule has 4 rings (SSSR count). The van der Waals surface area contributed by atoms with Crippen LogP contribution in [-0.2, 0) is 4.79 Å². The molecule has 0 unspecified atom stereocenters. The van der Waals surface area contributed by atoms with Gasteiger partial charge in [-0.25, -0.2) is 4.98 Å². The Bertz CT molecular complexity index is 677. The maximum absolute atomic E-state index is 11.5. The molecule has 2 heterocycles. The smallest absolute Gasteiger partial charge is 0.310 e. The lowest BCUT2D eigenvalue weighted by Gasteiger charge is -2.42. The maximum Gasteiger partial charge on any atom is 0.310 e. The fraction of sp³-hybridized carbons (Fsp3) is 0.714. The Hall–Kier alpha value is -1.66. The summed E-state index contributed by atoms with van der Waals surface area (Å²) in [7, 11) is 0. The van der Waals surface area contributed by atoms with E-state index in [4.69, 9.17) is 4.74 Å². The summed E-state index contributed by atoms with van der Waals surface area (Å²) >= 11 is 0. The average molecular weight is 373 g/mol. The number of carbonyl (C=O) groups is 1. The van der Waals surface area contributed by atoms with Crippen LogP contribution in [0, 0.1) is 17.8 Å². The summed E-state index contributed by atoms with van der Waals surface area (Å²) in [6.07, 6.45) is 6.29. The van der Waals surface area contributed by atoms with Crippen molar-refractivity contribution in [3.05, 3.63) is 23.9 Å². The summed E-state index contributed by atoms with van der Waals surface area (Å²) in [4.78, 5) is 18.3. The predicted octanol–water partition coefficient (Wildman–Crippen LogP) is 2.47. The third kappa shape index (κ3) is 4.61. The summed E-state index contributed by atoms with van der Waals surface area (Å²) in [5.41, 5.74) is 0.606. The normalized spacial score (nSPS) is 23.7. The van der Waals surface area contributed by atoms with E-state index in [-0.39, 0.29) is 5.41 Å². The van der Waals surface area contributed by atoms with Crippen molar-refractivity contribution in [2.75, 3.05) is 32.8 Å². The monoisotopic (exact) mass is 373 g/mol. The van der Waals surface area contributed by atoms with Crippen molar-refractivity contribution in [1.29, 1.82) is 0 Å². The number of ether oxygens (including phenoxy) is 1. The topological polar surface area (TPSA) is 74.7 Å². The van der Waals surface area contributed by atoms with E-state index in [1.807, 2.05) is 25.1 Å². The van der Waals surface area contributed by atoms with Gasteiger partial charge < -0.3 is 20.1 Å². The van der Waals surface area contributed by atoms with Crippen LogP contribution in [0.25, 0.3) is 0 Å². The van der Waals surface area contributed by atoms with E-state index in [2.05, 4.69) is 15.2 Å². The first-order chi connectivity index (χ1) is 13.0. The number of aliphatic carboxylic acids is 1. The molecule has 148 valence electrons. The summed E-state index contributed by atoms with van der Waals surface area (Å²) in [6.45, 7) is 6.22. The Morgan fingerprint density at radius 2 is 2.04 bits per heavy atom. The summed E-state index contributed by atoms with van der Waals surface area (Å²) < 4.78 is 6.11. The van der Waals surface area contributed by atoms with Crippen LogP contribution in [0.3, 0.4) is 0 Å². The van der Waals surface area contributed by atoms with Gasteiger partial charge in [0.25, 0.3) is 0 Å². The molecule has 1 aliphatic heterocycles. The Labute approximate surface area is 161 Å². The van der Waals surface area contributed by atoms with Gasteiger partial charge in [-0.1, -0.05) is 6.07 Å². The zero-order valence-corrected chi connectivity index (χ0v) is 16.2. The lowest BCUT2D eigenvalue weighted by molar-refractivity contribution is -0.144. The molecule has 0 radical (unpaired) electrons. The van der Waals surface area contributed by atoms with Gasteiger partial charge in [-0.05, 0) is 64.6 Å². The predicted molar refractivity (Wildman–Crippen MR) is 103 cm³/mol. The highest BCUT2D eigenvalue weighted by Crippen LogP contribution is 2.47. The molecule has 1 aromatic rings. The number of rotatable bonds is 9. The van der Waals surface area contributed by atoms with E-state index >= 15 is 0 Å². The molecule has 0 atom stereocenters. The van der Waals surface area contributed by atoms with Gasteiger partial charge in [0.05, 0.1) is 12.0 Å². The molecule has 0 amide bonds. The van der Waals surface area contributed by atoms with Crippen molar-refractivity contribution in [1.82, 2.24) is 15.2 Å². The second kappa shape index (κ2) is 7.40. The molecule has 0 bridgehead atoms. The fourth-order valence-corrected chi connectivity index (χ4v) is 4.05. The van der Waals surface area contributed by atoms with E-state index in [9.17, 15) is 9.90 Å². The third-order valence-corrected chi connectivity index (χ3v) is 6.48. The van der Waals surface area contributed by atoms with Gasteiger partial charge in [-0.2, -0.15) is 0 Å². The maximum atomic E-state index is 11.5. The first-order valence-corrected chi connectivity index (χ1v) is 10.2. The lowest BCUT2D eigenvalue weighted by atomic mass is 9.78. The van der Waals surface area contributed by atoms with Gasteiger partial charge in [-0.3, -0.25) is 4.79 Å². The molecule has 0 spiro atoms. The number of nitrogens with zero attached hydrogens (tertiary/aromatic N) is 2. The van der Waals surface area contributed by atoms with Crippen molar-refractivity contribution in [2.24, 2.45) is 10.8 Å². The van der Waals surface area contributed by atoms with E-state index in [1.54, 1.807) is 0 Å². The summed E-state index contributed by atoms with van der Waals surface area (Å²) in [5, 5.41) is 13.2. The molecule has 1 aromatic heterocycles. The fourth-order valence-electron chi connectivity index (χ4n) is 4.05. The minimum atomic E-state index is -0.622. The molecular formula is C21H31N3O3. The van der Waals surface area contributed by atoms with E-state index in [0.29, 0.717) is 25.1 Å². The van der Waals surface area contributed by atoms with Gasteiger partial charge in [0, 0.05) is 36.3 Å². The molecule has 6 heteroatoms. The number of hydrogen-bond acceptors (Lipinski definition) is 5. The second-order valence-electron chi connectivity index (χ2n) is 8.92. The molecular weight excluding hydrogens is 342 g/mol. The third-order valence-electron chi connectivity index (χ3n) is 6.48. The number of carboxylic acid groups (broad SMARTS) is 1. The zero-order chi connectivity index (χ0) is 18.9. The SMILES string of the molecule is Cc1cccc(OCC2(CNC3CC3)CCN(CC3(C(=O)O)CC3)CC2)n1. The van der Waals surface area contributed by atoms with Gasteiger partial charge in [0.1, 0.15) is 0 Å². The number of piperidine rings is 1. The van der Waals surface area contributed by atoms with Crippen LogP contribution in [0.4, 0.5) is 0 Å². The molecule has 2 saturated carbocycles. The minimum Gasteiger partial charge on any atom is -0.481 e. The minimum absolute atomic E-state index is 0.102. The first kappa shape index (κ1) is 18.7. The van der Waals surface area contributed by atoms with Crippen LogP contribution in [-0.4, -0.2) is 59.8 Å². The highest BCUT2D eigenvalue weighted by Gasteiger charge is 2.51. The highest BCUT2D eigenvalue weighted by molar-refractivity contribution is 5.78. The van der Waals surface area contributed by atoms with Crippen molar-refractivity contribution in [3.8, 4) is 5.88 Å². The number of aromatic nitrogens is 1.